The first-order chi connectivity index (χ1) is 9.43. The Hall–Kier alpha value is -1.29. The molecule has 3 unspecified atom stereocenters. The predicted molar refractivity (Wildman–Crippen MR) is 63.4 cm³/mol. The molecule has 2 rings (SSSR count). The molecule has 1 aliphatic carbocycles. The number of nitrogens with zero attached hydrogens (tertiary/aromatic N) is 2. The van der Waals surface area contributed by atoms with Gasteiger partial charge >= 0.3 is 6.18 Å². The number of halogens is 3. The molecule has 1 saturated carbocycles. The predicted octanol–water partition coefficient (Wildman–Crippen LogP) is 2.11. The molecule has 20 heavy (non-hydrogen) atoms. The Morgan fingerprint density at radius 1 is 1.30 bits per heavy atom. The van der Waals surface area contributed by atoms with Crippen LogP contribution in [0.25, 0.3) is 0 Å². The first-order valence-corrected chi connectivity index (χ1v) is 6.80. The summed E-state index contributed by atoms with van der Waals surface area (Å²) in [4.78, 5) is 13.7. The molecule has 0 aromatic heterocycles. The van der Waals surface area contributed by atoms with E-state index in [9.17, 15) is 18.0 Å². The fraction of sp³-hybridized carbons (Fsp3) is 0.846. The monoisotopic (exact) mass is 290 g/mol. The molecule has 0 bridgehead atoms. The van der Waals surface area contributed by atoms with E-state index in [2.05, 4.69) is 0 Å². The summed E-state index contributed by atoms with van der Waals surface area (Å²) in [6, 6.07) is 1.89. The summed E-state index contributed by atoms with van der Waals surface area (Å²) < 4.78 is 44.2. The highest BCUT2D eigenvalue weighted by atomic mass is 19.4. The molecule has 4 nitrogen and oxygen atoms in total. The maximum Gasteiger partial charge on any atom is 0.392 e. The molecule has 1 saturated heterocycles. The molecule has 7 heteroatoms. The Kier molecular flexibility index (Phi) is 4.53. The highest BCUT2D eigenvalue weighted by Gasteiger charge is 2.49. The Bertz CT molecular complexity index is 405. The number of morpholine rings is 1. The van der Waals surface area contributed by atoms with Crippen LogP contribution in [0.1, 0.15) is 25.7 Å². The zero-order valence-electron chi connectivity index (χ0n) is 11.0. The van der Waals surface area contributed by atoms with Crippen molar-refractivity contribution in [1.82, 2.24) is 4.90 Å². The first-order valence-electron chi connectivity index (χ1n) is 6.80. The average Bonchev–Trinajstić information content (AvgIpc) is 2.45. The highest BCUT2D eigenvalue weighted by Crippen LogP contribution is 2.42. The van der Waals surface area contributed by atoms with Gasteiger partial charge in [0.2, 0.25) is 5.91 Å². The third kappa shape index (κ3) is 3.23. The van der Waals surface area contributed by atoms with Gasteiger partial charge in [-0.05, 0) is 12.8 Å². The number of amides is 1. The van der Waals surface area contributed by atoms with Crippen molar-refractivity contribution < 1.29 is 22.7 Å². The van der Waals surface area contributed by atoms with Crippen LogP contribution in [-0.2, 0) is 9.53 Å². The third-order valence-corrected chi connectivity index (χ3v) is 4.03. The van der Waals surface area contributed by atoms with Crippen LogP contribution < -0.4 is 0 Å². The second kappa shape index (κ2) is 6.00. The molecule has 3 atom stereocenters. The summed E-state index contributed by atoms with van der Waals surface area (Å²) in [6.45, 7) is 0.530. The van der Waals surface area contributed by atoms with Crippen molar-refractivity contribution in [2.45, 2.75) is 38.0 Å². The van der Waals surface area contributed by atoms with Gasteiger partial charge in [-0.15, -0.1) is 0 Å². The normalized spacial score (nSPS) is 31.7. The van der Waals surface area contributed by atoms with Crippen LogP contribution in [0, 0.1) is 23.2 Å². The summed E-state index contributed by atoms with van der Waals surface area (Å²) in [5.41, 5.74) is 0. The van der Waals surface area contributed by atoms with Gasteiger partial charge in [0.25, 0.3) is 0 Å². The molecule has 2 fully saturated rings. The van der Waals surface area contributed by atoms with Gasteiger partial charge in [0.05, 0.1) is 25.1 Å². The third-order valence-electron chi connectivity index (χ3n) is 4.03. The molecule has 0 aromatic carbocycles. The molecule has 0 radical (unpaired) electrons. The lowest BCUT2D eigenvalue weighted by Gasteiger charge is -2.37. The summed E-state index contributed by atoms with van der Waals surface area (Å²) >= 11 is 0. The van der Waals surface area contributed by atoms with E-state index < -0.39 is 30.0 Å². The van der Waals surface area contributed by atoms with Crippen LogP contribution in [0.2, 0.25) is 0 Å². The van der Waals surface area contributed by atoms with Gasteiger partial charge in [0.15, 0.2) is 6.10 Å². The van der Waals surface area contributed by atoms with Crippen molar-refractivity contribution in [3.05, 3.63) is 0 Å². The van der Waals surface area contributed by atoms with Crippen molar-refractivity contribution in [3.8, 4) is 6.07 Å². The van der Waals surface area contributed by atoms with Gasteiger partial charge in [-0.2, -0.15) is 18.4 Å². The molecular formula is C13H17F3N2O2. The Labute approximate surface area is 115 Å². The van der Waals surface area contributed by atoms with Gasteiger partial charge in [-0.25, -0.2) is 0 Å². The number of carbonyl (C=O) groups is 1. The molecule has 0 N–H and O–H groups in total. The summed E-state index contributed by atoms with van der Waals surface area (Å²) in [6.07, 6.45) is -3.61. The van der Waals surface area contributed by atoms with Gasteiger partial charge in [-0.3, -0.25) is 4.79 Å². The second-order valence-corrected chi connectivity index (χ2v) is 5.31. The first kappa shape index (κ1) is 15.1. The molecule has 1 amide bonds. The van der Waals surface area contributed by atoms with Crippen molar-refractivity contribution in [3.63, 3.8) is 0 Å². The number of hydrogen-bond donors (Lipinski definition) is 0. The fourth-order valence-electron chi connectivity index (χ4n) is 2.98. The van der Waals surface area contributed by atoms with E-state index in [1.54, 1.807) is 0 Å². The molecule has 1 aliphatic heterocycles. The number of alkyl halides is 3. The average molecular weight is 290 g/mol. The summed E-state index contributed by atoms with van der Waals surface area (Å²) in [5, 5.41) is 8.79. The second-order valence-electron chi connectivity index (χ2n) is 5.31. The lowest BCUT2D eigenvalue weighted by Crippen LogP contribution is -2.50. The Balaban J connectivity index is 2.08. The molecular weight excluding hydrogens is 273 g/mol. The van der Waals surface area contributed by atoms with Crippen molar-refractivity contribution in [2.75, 3.05) is 19.7 Å². The maximum absolute atomic E-state index is 13.0. The van der Waals surface area contributed by atoms with Gasteiger partial charge in [0.1, 0.15) is 0 Å². The zero-order valence-corrected chi connectivity index (χ0v) is 11.0. The Morgan fingerprint density at radius 2 is 2.00 bits per heavy atom. The Morgan fingerprint density at radius 3 is 2.65 bits per heavy atom. The van der Waals surface area contributed by atoms with Crippen molar-refractivity contribution in [2.24, 2.45) is 11.8 Å². The minimum Gasteiger partial charge on any atom is -0.360 e. The smallest absolute Gasteiger partial charge is 0.360 e. The quantitative estimate of drug-likeness (QED) is 0.743. The van der Waals surface area contributed by atoms with E-state index >= 15 is 0 Å². The van der Waals surface area contributed by atoms with E-state index in [0.29, 0.717) is 12.8 Å². The van der Waals surface area contributed by atoms with E-state index in [4.69, 9.17) is 10.00 Å². The summed E-state index contributed by atoms with van der Waals surface area (Å²) in [5.74, 6) is -3.02. The minimum atomic E-state index is -4.33. The molecule has 1 heterocycles. The number of hydrogen-bond acceptors (Lipinski definition) is 3. The van der Waals surface area contributed by atoms with E-state index in [-0.39, 0.29) is 32.5 Å². The van der Waals surface area contributed by atoms with Crippen molar-refractivity contribution in [1.29, 1.82) is 5.26 Å². The van der Waals surface area contributed by atoms with Crippen LogP contribution in [0.15, 0.2) is 0 Å². The van der Waals surface area contributed by atoms with Crippen LogP contribution in [0.5, 0.6) is 0 Å². The van der Waals surface area contributed by atoms with Gasteiger partial charge in [-0.1, -0.05) is 12.8 Å². The highest BCUT2D eigenvalue weighted by molar-refractivity contribution is 5.79. The van der Waals surface area contributed by atoms with E-state index in [0.717, 1.165) is 0 Å². The molecule has 0 aromatic rings. The molecule has 2 aliphatic rings. The summed E-state index contributed by atoms with van der Waals surface area (Å²) in [7, 11) is 0. The lowest BCUT2D eigenvalue weighted by atomic mass is 9.78. The van der Waals surface area contributed by atoms with E-state index in [1.807, 2.05) is 6.07 Å². The van der Waals surface area contributed by atoms with E-state index in [1.165, 1.54) is 4.90 Å². The van der Waals surface area contributed by atoms with Crippen molar-refractivity contribution >= 4 is 5.91 Å². The minimum absolute atomic E-state index is 0.0198. The number of nitriles is 1. The lowest BCUT2D eigenvalue weighted by molar-refractivity contribution is -0.202. The molecule has 112 valence electrons. The maximum atomic E-state index is 13.0. The van der Waals surface area contributed by atoms with Gasteiger partial charge in [0, 0.05) is 12.5 Å². The zero-order chi connectivity index (χ0) is 14.8. The fourth-order valence-corrected chi connectivity index (χ4v) is 2.98. The number of carbonyl (C=O) groups excluding carboxylic acids is 1. The number of ether oxygens (including phenoxy) is 1. The van der Waals surface area contributed by atoms with Gasteiger partial charge < -0.3 is 9.64 Å². The largest absolute Gasteiger partial charge is 0.392 e. The SMILES string of the molecule is N#CC1CN(C(=O)C2CCCCC2C(F)(F)F)CCO1. The molecule has 0 spiro atoms. The topological polar surface area (TPSA) is 53.3 Å². The van der Waals surface area contributed by atoms with Crippen LogP contribution in [-0.4, -0.2) is 42.8 Å². The van der Waals surface area contributed by atoms with Crippen LogP contribution >= 0.6 is 0 Å². The van der Waals surface area contributed by atoms with Crippen LogP contribution in [0.3, 0.4) is 0 Å². The standard InChI is InChI=1S/C13H17F3N2O2/c14-13(15,16)11-4-2-1-3-10(11)12(19)18-5-6-20-9(7-17)8-18/h9-11H,1-6,8H2. The number of rotatable bonds is 1. The van der Waals surface area contributed by atoms with Crippen LogP contribution in [0.4, 0.5) is 13.2 Å².